The number of aldehydes is 1. The van der Waals surface area contributed by atoms with E-state index in [0.717, 1.165) is 30.5 Å². The number of aliphatic hydroxyl groups excluding tert-OH is 1. The van der Waals surface area contributed by atoms with E-state index in [0.29, 0.717) is 25.0 Å². The Kier molecular flexibility index (Phi) is 14.0. The second kappa shape index (κ2) is 16.5. The van der Waals surface area contributed by atoms with Gasteiger partial charge >= 0.3 is 0 Å². The quantitative estimate of drug-likeness (QED) is 0.142. The SMILES string of the molecule is C\C=C/C(=C\C=C\CCCCCCCCCO)CNc1ccccc1C(=N)C=O. The molecule has 0 heterocycles. The molecule has 0 saturated carbocycles. The second-order valence-electron chi connectivity index (χ2n) is 7.09. The fraction of sp³-hybridized carbons (Fsp3) is 0.440. The molecule has 0 aliphatic rings. The molecule has 0 aliphatic carbocycles. The molecule has 1 aromatic rings. The van der Waals surface area contributed by atoms with E-state index in [1.807, 2.05) is 31.2 Å². The number of rotatable bonds is 16. The van der Waals surface area contributed by atoms with Crippen molar-refractivity contribution in [1.82, 2.24) is 0 Å². The van der Waals surface area contributed by atoms with Gasteiger partial charge in [-0.3, -0.25) is 10.2 Å². The summed E-state index contributed by atoms with van der Waals surface area (Å²) >= 11 is 0. The predicted octanol–water partition coefficient (Wildman–Crippen LogP) is 5.84. The molecular formula is C25H36N2O2. The first kappa shape index (κ1) is 24.6. The molecule has 4 nitrogen and oxygen atoms in total. The van der Waals surface area contributed by atoms with Crippen LogP contribution in [0.25, 0.3) is 0 Å². The lowest BCUT2D eigenvalue weighted by atomic mass is 10.1. The molecule has 1 rings (SSSR count). The number of para-hydroxylation sites is 1. The van der Waals surface area contributed by atoms with Crippen LogP contribution >= 0.6 is 0 Å². The number of hydrogen-bond donors (Lipinski definition) is 3. The zero-order valence-electron chi connectivity index (χ0n) is 17.7. The van der Waals surface area contributed by atoms with Crippen LogP contribution in [0.3, 0.4) is 0 Å². The number of anilines is 1. The number of carbonyl (C=O) groups is 1. The van der Waals surface area contributed by atoms with Gasteiger partial charge in [0.25, 0.3) is 0 Å². The van der Waals surface area contributed by atoms with E-state index in [-0.39, 0.29) is 5.71 Å². The molecule has 0 fully saturated rings. The van der Waals surface area contributed by atoms with Gasteiger partial charge in [-0.1, -0.05) is 80.7 Å². The molecule has 0 unspecified atom stereocenters. The van der Waals surface area contributed by atoms with Crippen molar-refractivity contribution < 1.29 is 9.90 Å². The third-order valence-corrected chi connectivity index (χ3v) is 4.67. The van der Waals surface area contributed by atoms with Crippen LogP contribution in [0.5, 0.6) is 0 Å². The third-order valence-electron chi connectivity index (χ3n) is 4.67. The number of allylic oxidation sites excluding steroid dienone is 4. The van der Waals surface area contributed by atoms with Gasteiger partial charge in [0.15, 0.2) is 6.29 Å². The molecule has 0 aliphatic heterocycles. The van der Waals surface area contributed by atoms with Crippen LogP contribution in [0.1, 0.15) is 63.9 Å². The number of hydrogen-bond acceptors (Lipinski definition) is 4. The summed E-state index contributed by atoms with van der Waals surface area (Å²) < 4.78 is 0. The smallest absolute Gasteiger partial charge is 0.168 e. The normalized spacial score (nSPS) is 12.0. The Hall–Kier alpha value is -2.46. The molecular weight excluding hydrogens is 360 g/mol. The largest absolute Gasteiger partial charge is 0.396 e. The van der Waals surface area contributed by atoms with Crippen LogP contribution in [0.4, 0.5) is 5.69 Å². The number of benzene rings is 1. The number of unbranched alkanes of at least 4 members (excludes halogenated alkanes) is 7. The molecule has 0 aromatic heterocycles. The van der Waals surface area contributed by atoms with Crippen molar-refractivity contribution in [1.29, 1.82) is 5.41 Å². The summed E-state index contributed by atoms with van der Waals surface area (Å²) in [5.74, 6) is 0. The maximum absolute atomic E-state index is 10.9. The van der Waals surface area contributed by atoms with Gasteiger partial charge in [0.2, 0.25) is 0 Å². The Bertz CT molecular complexity index is 690. The van der Waals surface area contributed by atoms with Crippen LogP contribution < -0.4 is 5.32 Å². The Morgan fingerprint density at radius 3 is 2.45 bits per heavy atom. The average Bonchev–Trinajstić information content (AvgIpc) is 2.75. The minimum atomic E-state index is -0.0158. The van der Waals surface area contributed by atoms with Crippen molar-refractivity contribution in [3.05, 3.63) is 65.8 Å². The van der Waals surface area contributed by atoms with Crippen molar-refractivity contribution in [3.63, 3.8) is 0 Å². The minimum Gasteiger partial charge on any atom is -0.396 e. The summed E-state index contributed by atoms with van der Waals surface area (Å²) in [5.41, 5.74) is 2.54. The molecule has 0 bridgehead atoms. The van der Waals surface area contributed by atoms with Crippen LogP contribution in [-0.2, 0) is 4.79 Å². The standard InChI is InChI=1S/C25H36N2O2/c1-2-15-22(16-11-9-7-5-3-4-6-8-10-14-19-28)20-27-25-18-13-12-17-23(25)24(26)21-29/h2,9,11-13,15-18,21,26-28H,3-8,10,14,19-20H2,1H3/b11-9+,15-2-,22-16+,26-24?. The van der Waals surface area contributed by atoms with E-state index in [4.69, 9.17) is 10.5 Å². The van der Waals surface area contributed by atoms with Crippen molar-refractivity contribution >= 4 is 17.7 Å². The van der Waals surface area contributed by atoms with Gasteiger partial charge in [0, 0.05) is 24.4 Å². The van der Waals surface area contributed by atoms with Crippen LogP contribution in [0.2, 0.25) is 0 Å². The van der Waals surface area contributed by atoms with E-state index < -0.39 is 0 Å². The van der Waals surface area contributed by atoms with E-state index in [1.165, 1.54) is 32.1 Å². The van der Waals surface area contributed by atoms with Crippen molar-refractivity contribution in [2.45, 2.75) is 58.3 Å². The van der Waals surface area contributed by atoms with Crippen molar-refractivity contribution in [3.8, 4) is 0 Å². The van der Waals surface area contributed by atoms with E-state index in [1.54, 1.807) is 6.07 Å². The lowest BCUT2D eigenvalue weighted by molar-refractivity contribution is -0.102. The zero-order valence-corrected chi connectivity index (χ0v) is 17.7. The summed E-state index contributed by atoms with van der Waals surface area (Å²) in [4.78, 5) is 10.9. The summed E-state index contributed by atoms with van der Waals surface area (Å²) in [7, 11) is 0. The molecule has 158 valence electrons. The molecule has 3 N–H and O–H groups in total. The average molecular weight is 397 g/mol. The fourth-order valence-electron chi connectivity index (χ4n) is 3.07. The molecule has 4 heteroatoms. The molecule has 0 amide bonds. The molecule has 0 atom stereocenters. The summed E-state index contributed by atoms with van der Waals surface area (Å²) in [6.07, 6.45) is 20.5. The topological polar surface area (TPSA) is 73.2 Å². The van der Waals surface area contributed by atoms with Gasteiger partial charge in [0.1, 0.15) is 5.71 Å². The maximum Gasteiger partial charge on any atom is 0.168 e. The Morgan fingerprint density at radius 2 is 1.76 bits per heavy atom. The van der Waals surface area contributed by atoms with Gasteiger partial charge in [0.05, 0.1) is 0 Å². The van der Waals surface area contributed by atoms with Crippen LogP contribution in [0, 0.1) is 5.41 Å². The number of carbonyl (C=O) groups excluding carboxylic acids is 1. The first-order chi connectivity index (χ1) is 14.2. The van der Waals surface area contributed by atoms with Crippen molar-refractivity contribution in [2.24, 2.45) is 0 Å². The lowest BCUT2D eigenvalue weighted by Gasteiger charge is -2.11. The van der Waals surface area contributed by atoms with Gasteiger partial charge in [-0.2, -0.15) is 0 Å². The molecule has 0 radical (unpaired) electrons. The maximum atomic E-state index is 10.9. The van der Waals surface area contributed by atoms with E-state index >= 15 is 0 Å². The Labute approximate surface area is 175 Å². The van der Waals surface area contributed by atoms with Gasteiger partial charge < -0.3 is 10.4 Å². The number of nitrogens with one attached hydrogen (secondary N) is 2. The molecule has 0 saturated heterocycles. The predicted molar refractivity (Wildman–Crippen MR) is 124 cm³/mol. The fourth-order valence-corrected chi connectivity index (χ4v) is 3.07. The first-order valence-electron chi connectivity index (χ1n) is 10.7. The summed E-state index contributed by atoms with van der Waals surface area (Å²) in [5, 5.41) is 19.9. The van der Waals surface area contributed by atoms with Gasteiger partial charge in [-0.05, 0) is 37.8 Å². The molecule has 29 heavy (non-hydrogen) atoms. The summed E-state index contributed by atoms with van der Waals surface area (Å²) in [6, 6.07) is 7.40. The van der Waals surface area contributed by atoms with Crippen LogP contribution in [0.15, 0.2) is 60.2 Å². The highest BCUT2D eigenvalue weighted by atomic mass is 16.2. The molecule has 1 aromatic carbocycles. The van der Waals surface area contributed by atoms with Gasteiger partial charge in [-0.15, -0.1) is 0 Å². The van der Waals surface area contributed by atoms with E-state index in [2.05, 4.69) is 29.6 Å². The Balaban J connectivity index is 2.41. The first-order valence-corrected chi connectivity index (χ1v) is 10.7. The number of aliphatic hydroxyl groups is 1. The highest BCUT2D eigenvalue weighted by molar-refractivity contribution is 6.36. The van der Waals surface area contributed by atoms with E-state index in [9.17, 15) is 4.79 Å². The highest BCUT2D eigenvalue weighted by Gasteiger charge is 2.06. The Morgan fingerprint density at radius 1 is 1.07 bits per heavy atom. The minimum absolute atomic E-state index is 0.0158. The van der Waals surface area contributed by atoms with Crippen molar-refractivity contribution in [2.75, 3.05) is 18.5 Å². The zero-order chi connectivity index (χ0) is 21.2. The van der Waals surface area contributed by atoms with Gasteiger partial charge in [-0.25, -0.2) is 0 Å². The van der Waals surface area contributed by atoms with Crippen LogP contribution in [-0.4, -0.2) is 30.3 Å². The third kappa shape index (κ3) is 11.2. The lowest BCUT2D eigenvalue weighted by Crippen LogP contribution is -2.09. The molecule has 0 spiro atoms. The summed E-state index contributed by atoms with van der Waals surface area (Å²) in [6.45, 7) is 2.94. The highest BCUT2D eigenvalue weighted by Crippen LogP contribution is 2.16. The second-order valence-corrected chi connectivity index (χ2v) is 7.09. The monoisotopic (exact) mass is 396 g/mol.